The molecule has 2 rings (SSSR count). The first-order valence-electron chi connectivity index (χ1n) is 4.69. The van der Waals surface area contributed by atoms with E-state index >= 15 is 0 Å². The molecule has 70 valence electrons. The predicted molar refractivity (Wildman–Crippen MR) is 55.9 cm³/mol. The maximum atomic E-state index is 4.00. The minimum absolute atomic E-state index is 0.859. The number of nitrogens with zero attached hydrogens (tertiary/aromatic N) is 1. The normalized spacial score (nSPS) is 22.0. The van der Waals surface area contributed by atoms with Crippen LogP contribution in [0.4, 0.5) is 0 Å². The molecule has 2 nitrogen and oxygen atoms in total. The number of hydrogen-bond donors (Lipinski definition) is 1. The minimum atomic E-state index is 0.859. The van der Waals surface area contributed by atoms with Crippen molar-refractivity contribution in [3.63, 3.8) is 0 Å². The lowest BCUT2D eigenvalue weighted by Crippen LogP contribution is -2.10. The maximum absolute atomic E-state index is 4.00. The lowest BCUT2D eigenvalue weighted by Gasteiger charge is -2.06. The average molecular weight is 194 g/mol. The standard InChI is InChI=1S/C10H14N2S/c1-4-12-7-9(1)8-13-10-2-5-11-6-3-10/h2-3,5-6,9,12H,1,4,7-8H2/t9-/m0/s1. The van der Waals surface area contributed by atoms with Gasteiger partial charge in [-0.25, -0.2) is 0 Å². The second kappa shape index (κ2) is 4.63. The van der Waals surface area contributed by atoms with E-state index in [1.807, 2.05) is 24.2 Å². The third-order valence-electron chi connectivity index (χ3n) is 2.30. The summed E-state index contributed by atoms with van der Waals surface area (Å²) in [5, 5.41) is 3.38. The van der Waals surface area contributed by atoms with Gasteiger partial charge < -0.3 is 5.32 Å². The van der Waals surface area contributed by atoms with Gasteiger partial charge in [-0.2, -0.15) is 0 Å². The van der Waals surface area contributed by atoms with Gasteiger partial charge in [0.2, 0.25) is 0 Å². The van der Waals surface area contributed by atoms with Crippen molar-refractivity contribution in [2.24, 2.45) is 5.92 Å². The van der Waals surface area contributed by atoms with Crippen molar-refractivity contribution in [2.75, 3.05) is 18.8 Å². The summed E-state index contributed by atoms with van der Waals surface area (Å²) < 4.78 is 0. The molecule has 1 aromatic heterocycles. The number of nitrogens with one attached hydrogen (secondary N) is 1. The zero-order valence-electron chi connectivity index (χ0n) is 7.57. The minimum Gasteiger partial charge on any atom is -0.316 e. The van der Waals surface area contributed by atoms with Crippen molar-refractivity contribution in [3.05, 3.63) is 24.5 Å². The van der Waals surface area contributed by atoms with Gasteiger partial charge in [0.15, 0.2) is 0 Å². The first-order valence-corrected chi connectivity index (χ1v) is 5.67. The molecule has 3 heteroatoms. The van der Waals surface area contributed by atoms with Crippen LogP contribution in [0, 0.1) is 5.92 Å². The van der Waals surface area contributed by atoms with Gasteiger partial charge in [-0.05, 0) is 37.6 Å². The molecule has 1 atom stereocenters. The molecule has 0 radical (unpaired) electrons. The molecule has 0 unspecified atom stereocenters. The van der Waals surface area contributed by atoms with Gasteiger partial charge in [-0.1, -0.05) is 0 Å². The van der Waals surface area contributed by atoms with Crippen molar-refractivity contribution in [1.29, 1.82) is 0 Å². The average Bonchev–Trinajstić information content (AvgIpc) is 2.69. The Morgan fingerprint density at radius 2 is 2.31 bits per heavy atom. The number of thioether (sulfide) groups is 1. The van der Waals surface area contributed by atoms with Crippen molar-refractivity contribution in [2.45, 2.75) is 11.3 Å². The third-order valence-corrected chi connectivity index (χ3v) is 3.54. The zero-order valence-corrected chi connectivity index (χ0v) is 8.39. The Bertz CT molecular complexity index is 244. The Morgan fingerprint density at radius 3 is 3.00 bits per heavy atom. The van der Waals surface area contributed by atoms with E-state index in [4.69, 9.17) is 0 Å². The number of rotatable bonds is 3. The quantitative estimate of drug-likeness (QED) is 0.742. The van der Waals surface area contributed by atoms with Crippen LogP contribution in [0.15, 0.2) is 29.4 Å². The van der Waals surface area contributed by atoms with Crippen LogP contribution in [-0.4, -0.2) is 23.8 Å². The number of hydrogen-bond acceptors (Lipinski definition) is 3. The fourth-order valence-electron chi connectivity index (χ4n) is 1.51. The van der Waals surface area contributed by atoms with Gasteiger partial charge in [0, 0.05) is 23.0 Å². The molecule has 0 aromatic carbocycles. The van der Waals surface area contributed by atoms with Gasteiger partial charge in [-0.15, -0.1) is 11.8 Å². The first kappa shape index (κ1) is 9.03. The van der Waals surface area contributed by atoms with Gasteiger partial charge in [0.1, 0.15) is 0 Å². The topological polar surface area (TPSA) is 24.9 Å². The van der Waals surface area contributed by atoms with Crippen LogP contribution < -0.4 is 5.32 Å². The summed E-state index contributed by atoms with van der Waals surface area (Å²) in [6.45, 7) is 2.39. The number of aromatic nitrogens is 1. The smallest absolute Gasteiger partial charge is 0.0278 e. The second-order valence-electron chi connectivity index (χ2n) is 3.35. The predicted octanol–water partition coefficient (Wildman–Crippen LogP) is 1.78. The van der Waals surface area contributed by atoms with Crippen LogP contribution in [-0.2, 0) is 0 Å². The highest BCUT2D eigenvalue weighted by Crippen LogP contribution is 2.22. The van der Waals surface area contributed by atoms with Crippen LogP contribution in [0.5, 0.6) is 0 Å². The molecule has 1 aliphatic heterocycles. The maximum Gasteiger partial charge on any atom is 0.0278 e. The molecule has 1 aliphatic rings. The van der Waals surface area contributed by atoms with E-state index in [0.717, 1.165) is 5.92 Å². The summed E-state index contributed by atoms with van der Waals surface area (Å²) in [7, 11) is 0. The monoisotopic (exact) mass is 194 g/mol. The van der Waals surface area contributed by atoms with Crippen LogP contribution in [0.1, 0.15) is 6.42 Å². The third kappa shape index (κ3) is 2.71. The Balaban J connectivity index is 1.79. The molecule has 1 aromatic rings. The largest absolute Gasteiger partial charge is 0.316 e. The van der Waals surface area contributed by atoms with E-state index < -0.39 is 0 Å². The van der Waals surface area contributed by atoms with Gasteiger partial charge in [0.25, 0.3) is 0 Å². The summed E-state index contributed by atoms with van der Waals surface area (Å²) in [5.41, 5.74) is 0. The van der Waals surface area contributed by atoms with E-state index in [-0.39, 0.29) is 0 Å². The molecule has 13 heavy (non-hydrogen) atoms. The lowest BCUT2D eigenvalue weighted by molar-refractivity contribution is 0.662. The Morgan fingerprint density at radius 1 is 1.46 bits per heavy atom. The fourth-order valence-corrected chi connectivity index (χ4v) is 2.53. The van der Waals surface area contributed by atoms with Crippen LogP contribution in [0.3, 0.4) is 0 Å². The van der Waals surface area contributed by atoms with Crippen molar-refractivity contribution < 1.29 is 0 Å². The second-order valence-corrected chi connectivity index (χ2v) is 4.45. The molecule has 0 amide bonds. The highest BCUT2D eigenvalue weighted by molar-refractivity contribution is 7.99. The molecule has 1 saturated heterocycles. The van der Waals surface area contributed by atoms with Crippen LogP contribution >= 0.6 is 11.8 Å². The van der Waals surface area contributed by atoms with Gasteiger partial charge in [0.05, 0.1) is 0 Å². The summed E-state index contributed by atoms with van der Waals surface area (Å²) in [4.78, 5) is 5.33. The van der Waals surface area contributed by atoms with E-state index in [9.17, 15) is 0 Å². The van der Waals surface area contributed by atoms with Crippen LogP contribution in [0.25, 0.3) is 0 Å². The summed E-state index contributed by atoms with van der Waals surface area (Å²) in [6, 6.07) is 4.15. The summed E-state index contributed by atoms with van der Waals surface area (Å²) >= 11 is 1.94. The fraction of sp³-hybridized carbons (Fsp3) is 0.500. The molecule has 1 fully saturated rings. The Labute approximate surface area is 83.1 Å². The summed E-state index contributed by atoms with van der Waals surface area (Å²) in [6.07, 6.45) is 5.04. The molecule has 2 heterocycles. The van der Waals surface area contributed by atoms with Gasteiger partial charge in [-0.3, -0.25) is 4.98 Å². The van der Waals surface area contributed by atoms with E-state index in [2.05, 4.69) is 22.4 Å². The molecule has 0 bridgehead atoms. The van der Waals surface area contributed by atoms with Crippen LogP contribution in [0.2, 0.25) is 0 Å². The Hall–Kier alpha value is -0.540. The molecule has 0 saturated carbocycles. The molecule has 1 N–H and O–H groups in total. The van der Waals surface area contributed by atoms with E-state index in [1.54, 1.807) is 0 Å². The lowest BCUT2D eigenvalue weighted by atomic mass is 10.2. The Kier molecular flexibility index (Phi) is 3.22. The van der Waals surface area contributed by atoms with Crippen molar-refractivity contribution in [1.82, 2.24) is 10.3 Å². The molecular weight excluding hydrogens is 180 g/mol. The van der Waals surface area contributed by atoms with Crippen molar-refractivity contribution >= 4 is 11.8 Å². The zero-order chi connectivity index (χ0) is 8.93. The molecule has 0 aliphatic carbocycles. The summed E-state index contributed by atoms with van der Waals surface area (Å²) in [5.74, 6) is 2.09. The number of pyridine rings is 1. The molecule has 0 spiro atoms. The molecular formula is C10H14N2S. The van der Waals surface area contributed by atoms with Crippen molar-refractivity contribution in [3.8, 4) is 0 Å². The first-order chi connectivity index (χ1) is 6.45. The highest BCUT2D eigenvalue weighted by atomic mass is 32.2. The van der Waals surface area contributed by atoms with E-state index in [1.165, 1.54) is 30.2 Å². The SMILES string of the molecule is c1cc(SC[C@H]2CCNC2)ccn1. The van der Waals surface area contributed by atoms with E-state index in [0.29, 0.717) is 0 Å². The highest BCUT2D eigenvalue weighted by Gasteiger charge is 2.13. The van der Waals surface area contributed by atoms with Gasteiger partial charge >= 0.3 is 0 Å².